The molecule has 1 nitrogen and oxygen atoms in total. The molecule has 0 saturated carbocycles. The summed E-state index contributed by atoms with van der Waals surface area (Å²) < 4.78 is 0. The maximum Gasteiger partial charge on any atom is 0.0426 e. The van der Waals surface area contributed by atoms with Gasteiger partial charge in [-0.3, -0.25) is 0 Å². The molecule has 0 bridgehead atoms. The van der Waals surface area contributed by atoms with Crippen LogP contribution in [0.25, 0.3) is 6.08 Å². The van der Waals surface area contributed by atoms with Gasteiger partial charge >= 0.3 is 0 Å². The molecule has 0 spiro atoms. The third-order valence-corrected chi connectivity index (χ3v) is 4.81. The van der Waals surface area contributed by atoms with Gasteiger partial charge in [0, 0.05) is 24.7 Å². The summed E-state index contributed by atoms with van der Waals surface area (Å²) in [5.74, 6) is 0.720. The van der Waals surface area contributed by atoms with Crippen molar-refractivity contribution in [2.75, 3.05) is 6.54 Å². The summed E-state index contributed by atoms with van der Waals surface area (Å²) in [6, 6.07) is 19.7. The number of nitrogens with zero attached hydrogens (tertiary/aromatic N) is 1. The largest absolute Gasteiger partial charge is 0.370 e. The molecule has 0 aromatic heterocycles. The molecule has 106 valence electrons. The second-order valence-corrected chi connectivity index (χ2v) is 6.22. The predicted octanol–water partition coefficient (Wildman–Crippen LogP) is 4.50. The highest BCUT2D eigenvalue weighted by Gasteiger charge is 2.28. The monoisotopic (exact) mass is 275 g/mol. The Bertz CT molecular complexity index is 657. The molecular formula is C20H21N. The van der Waals surface area contributed by atoms with Gasteiger partial charge < -0.3 is 4.90 Å². The Kier molecular flexibility index (Phi) is 3.27. The number of rotatable bonds is 2. The molecule has 1 heteroatoms. The van der Waals surface area contributed by atoms with Crippen molar-refractivity contribution >= 4 is 6.08 Å². The van der Waals surface area contributed by atoms with Crippen LogP contribution in [-0.4, -0.2) is 11.4 Å². The molecule has 0 radical (unpaired) electrons. The van der Waals surface area contributed by atoms with E-state index in [1.165, 1.54) is 42.5 Å². The Morgan fingerprint density at radius 3 is 2.67 bits per heavy atom. The lowest BCUT2D eigenvalue weighted by Crippen LogP contribution is -2.35. The van der Waals surface area contributed by atoms with Gasteiger partial charge in [-0.15, -0.1) is 0 Å². The molecule has 1 atom stereocenters. The lowest BCUT2D eigenvalue weighted by atomic mass is 9.81. The third kappa shape index (κ3) is 2.49. The first kappa shape index (κ1) is 12.7. The first-order valence-electron chi connectivity index (χ1n) is 7.98. The first-order chi connectivity index (χ1) is 10.4. The molecule has 1 saturated heterocycles. The molecule has 1 fully saturated rings. The fourth-order valence-electron chi connectivity index (χ4n) is 3.74. The van der Waals surface area contributed by atoms with Gasteiger partial charge in [0.05, 0.1) is 0 Å². The standard InChI is InChI=1S/C20H21N/c1-2-7-16(8-3-1)15-21-12-6-11-19-13-17-9-4-5-10-18(17)14-20(19)21/h1-5,7-10,14,19H,6,11-13,15H2. The van der Waals surface area contributed by atoms with Gasteiger partial charge in [-0.2, -0.15) is 0 Å². The van der Waals surface area contributed by atoms with Gasteiger partial charge in [0.25, 0.3) is 0 Å². The lowest BCUT2D eigenvalue weighted by molar-refractivity contribution is 0.235. The fraction of sp³-hybridized carbons (Fsp3) is 0.300. The molecule has 2 aromatic rings. The van der Waals surface area contributed by atoms with Gasteiger partial charge in [0.1, 0.15) is 0 Å². The van der Waals surface area contributed by atoms with Crippen molar-refractivity contribution in [2.45, 2.75) is 25.8 Å². The Morgan fingerprint density at radius 1 is 0.952 bits per heavy atom. The third-order valence-electron chi connectivity index (χ3n) is 4.81. The highest BCUT2D eigenvalue weighted by atomic mass is 15.1. The first-order valence-corrected chi connectivity index (χ1v) is 7.98. The minimum absolute atomic E-state index is 0.720. The number of allylic oxidation sites excluding steroid dienone is 1. The van der Waals surface area contributed by atoms with E-state index in [0.29, 0.717) is 0 Å². The fourth-order valence-corrected chi connectivity index (χ4v) is 3.74. The average molecular weight is 275 g/mol. The van der Waals surface area contributed by atoms with Gasteiger partial charge in [-0.05, 0) is 42.0 Å². The summed E-state index contributed by atoms with van der Waals surface area (Å²) in [4.78, 5) is 2.60. The number of hydrogen-bond acceptors (Lipinski definition) is 1. The summed E-state index contributed by atoms with van der Waals surface area (Å²) in [7, 11) is 0. The van der Waals surface area contributed by atoms with Crippen LogP contribution in [0, 0.1) is 5.92 Å². The zero-order valence-corrected chi connectivity index (χ0v) is 12.3. The lowest BCUT2D eigenvalue weighted by Gasteiger charge is -2.40. The van der Waals surface area contributed by atoms with Crippen LogP contribution in [-0.2, 0) is 13.0 Å². The van der Waals surface area contributed by atoms with Gasteiger partial charge in [-0.25, -0.2) is 0 Å². The number of hydrogen-bond donors (Lipinski definition) is 0. The summed E-state index contributed by atoms with van der Waals surface area (Å²) in [6.45, 7) is 2.24. The van der Waals surface area contributed by atoms with Crippen molar-refractivity contribution in [1.29, 1.82) is 0 Å². The van der Waals surface area contributed by atoms with Crippen LogP contribution in [0.15, 0.2) is 60.3 Å². The van der Waals surface area contributed by atoms with Gasteiger partial charge in [-0.1, -0.05) is 54.6 Å². The zero-order valence-electron chi connectivity index (χ0n) is 12.3. The molecule has 2 aliphatic rings. The molecule has 1 aliphatic carbocycles. The topological polar surface area (TPSA) is 3.24 Å². The number of fused-ring (bicyclic) bond motifs is 2. The summed E-state index contributed by atoms with van der Waals surface area (Å²) in [6.07, 6.45) is 6.31. The minimum Gasteiger partial charge on any atom is -0.370 e. The predicted molar refractivity (Wildman–Crippen MR) is 87.7 cm³/mol. The quantitative estimate of drug-likeness (QED) is 0.780. The molecular weight excluding hydrogens is 254 g/mol. The molecule has 1 heterocycles. The molecule has 0 amide bonds. The minimum atomic E-state index is 0.720. The Labute approximate surface area is 126 Å². The van der Waals surface area contributed by atoms with Crippen molar-refractivity contribution < 1.29 is 0 Å². The van der Waals surface area contributed by atoms with E-state index in [2.05, 4.69) is 65.6 Å². The maximum absolute atomic E-state index is 2.60. The summed E-state index contributed by atoms with van der Waals surface area (Å²) >= 11 is 0. The van der Waals surface area contributed by atoms with Crippen molar-refractivity contribution in [2.24, 2.45) is 5.92 Å². The van der Waals surface area contributed by atoms with Gasteiger partial charge in [0.15, 0.2) is 0 Å². The van der Waals surface area contributed by atoms with Crippen LogP contribution in [0.3, 0.4) is 0 Å². The van der Waals surface area contributed by atoms with E-state index in [1.807, 2.05) is 0 Å². The number of piperidine rings is 1. The SMILES string of the molecule is C1=C2C(CCCN2Cc2ccccc2)Cc2ccccc21. The number of benzene rings is 2. The molecule has 21 heavy (non-hydrogen) atoms. The van der Waals surface area contributed by atoms with Crippen LogP contribution in [0.5, 0.6) is 0 Å². The second kappa shape index (κ2) is 5.40. The van der Waals surface area contributed by atoms with Crippen molar-refractivity contribution in [3.8, 4) is 0 Å². The van der Waals surface area contributed by atoms with Crippen LogP contribution in [0.1, 0.15) is 29.5 Å². The van der Waals surface area contributed by atoms with E-state index in [-0.39, 0.29) is 0 Å². The van der Waals surface area contributed by atoms with E-state index in [4.69, 9.17) is 0 Å². The Hall–Kier alpha value is -2.02. The van der Waals surface area contributed by atoms with E-state index >= 15 is 0 Å². The molecule has 4 rings (SSSR count). The van der Waals surface area contributed by atoms with Crippen molar-refractivity contribution in [3.63, 3.8) is 0 Å². The van der Waals surface area contributed by atoms with E-state index in [9.17, 15) is 0 Å². The van der Waals surface area contributed by atoms with Crippen LogP contribution < -0.4 is 0 Å². The molecule has 1 unspecified atom stereocenters. The highest BCUT2D eigenvalue weighted by molar-refractivity contribution is 5.60. The van der Waals surface area contributed by atoms with Gasteiger partial charge in [0.2, 0.25) is 0 Å². The zero-order chi connectivity index (χ0) is 14.1. The summed E-state index contributed by atoms with van der Waals surface area (Å²) in [5, 5.41) is 0. The van der Waals surface area contributed by atoms with Crippen molar-refractivity contribution in [1.82, 2.24) is 4.90 Å². The van der Waals surface area contributed by atoms with Crippen LogP contribution >= 0.6 is 0 Å². The molecule has 0 N–H and O–H groups in total. The Balaban J connectivity index is 1.65. The molecule has 2 aromatic carbocycles. The van der Waals surface area contributed by atoms with E-state index in [0.717, 1.165) is 12.5 Å². The maximum atomic E-state index is 2.60. The smallest absolute Gasteiger partial charge is 0.0426 e. The Morgan fingerprint density at radius 2 is 1.76 bits per heavy atom. The normalized spacial score (nSPS) is 20.5. The highest BCUT2D eigenvalue weighted by Crippen LogP contribution is 2.37. The van der Waals surface area contributed by atoms with E-state index < -0.39 is 0 Å². The van der Waals surface area contributed by atoms with Crippen LogP contribution in [0.2, 0.25) is 0 Å². The average Bonchev–Trinajstić information content (AvgIpc) is 2.54. The second-order valence-electron chi connectivity index (χ2n) is 6.22. The number of likely N-dealkylation sites (tertiary alicyclic amines) is 1. The van der Waals surface area contributed by atoms with Crippen molar-refractivity contribution in [3.05, 3.63) is 77.0 Å². The summed E-state index contributed by atoms with van der Waals surface area (Å²) in [5.41, 5.74) is 5.92. The van der Waals surface area contributed by atoms with E-state index in [1.54, 1.807) is 5.70 Å². The van der Waals surface area contributed by atoms with Crippen LogP contribution in [0.4, 0.5) is 0 Å². The molecule has 1 aliphatic heterocycles.